The van der Waals surface area contributed by atoms with Crippen molar-refractivity contribution in [2.45, 2.75) is 18.9 Å². The van der Waals surface area contributed by atoms with Gasteiger partial charge in [0, 0.05) is 11.0 Å². The summed E-state index contributed by atoms with van der Waals surface area (Å²) in [5.41, 5.74) is 6.03. The molecule has 1 aliphatic heterocycles. The highest BCUT2D eigenvalue weighted by atomic mass is 79.9. The molecule has 1 aliphatic rings. The summed E-state index contributed by atoms with van der Waals surface area (Å²) in [5, 5.41) is 12.1. The summed E-state index contributed by atoms with van der Waals surface area (Å²) in [6.45, 7) is 0.576. The van der Waals surface area contributed by atoms with Gasteiger partial charge >= 0.3 is 0 Å². The normalized spacial score (nSPS) is 19.8. The quantitative estimate of drug-likeness (QED) is 0.374. The lowest BCUT2D eigenvalue weighted by Gasteiger charge is -2.24. The maximum absolute atomic E-state index is 12.4. The molecule has 1 saturated heterocycles. The first-order valence-electron chi connectivity index (χ1n) is 5.78. The second-order valence-electron chi connectivity index (χ2n) is 4.31. The van der Waals surface area contributed by atoms with E-state index in [1.54, 1.807) is 23.1 Å². The van der Waals surface area contributed by atoms with Crippen LogP contribution < -0.4 is 5.73 Å². The molecule has 1 fully saturated rings. The molecular formula is C12H13BrClN3O2. The van der Waals surface area contributed by atoms with Crippen molar-refractivity contribution in [3.8, 4) is 0 Å². The van der Waals surface area contributed by atoms with Gasteiger partial charge in [0.15, 0.2) is 5.84 Å². The van der Waals surface area contributed by atoms with Crippen molar-refractivity contribution in [1.29, 1.82) is 0 Å². The highest BCUT2D eigenvalue weighted by Gasteiger charge is 2.33. The molecule has 19 heavy (non-hydrogen) atoms. The van der Waals surface area contributed by atoms with Crippen LogP contribution in [0.1, 0.15) is 23.2 Å². The Kier molecular flexibility index (Phi) is 4.31. The zero-order valence-electron chi connectivity index (χ0n) is 10.0. The lowest BCUT2D eigenvalue weighted by atomic mass is 10.1. The van der Waals surface area contributed by atoms with Crippen LogP contribution in [0.3, 0.4) is 0 Å². The Morgan fingerprint density at radius 1 is 1.58 bits per heavy atom. The van der Waals surface area contributed by atoms with E-state index in [1.165, 1.54) is 0 Å². The number of carbonyl (C=O) groups is 1. The van der Waals surface area contributed by atoms with Gasteiger partial charge in [0.1, 0.15) is 0 Å². The summed E-state index contributed by atoms with van der Waals surface area (Å²) in [5.74, 6) is -0.148. The molecule has 7 heteroatoms. The molecule has 1 heterocycles. The third-order valence-corrected chi connectivity index (χ3v) is 3.94. The number of carbonyl (C=O) groups excluding carboxylic acids is 1. The van der Waals surface area contributed by atoms with Crippen LogP contribution in [0.25, 0.3) is 0 Å². The van der Waals surface area contributed by atoms with Crippen LogP contribution in [0, 0.1) is 0 Å². The van der Waals surface area contributed by atoms with E-state index in [9.17, 15) is 4.79 Å². The lowest BCUT2D eigenvalue weighted by Crippen LogP contribution is -2.44. The van der Waals surface area contributed by atoms with Gasteiger partial charge in [-0.05, 0) is 31.0 Å². The highest BCUT2D eigenvalue weighted by molar-refractivity contribution is 9.10. The summed E-state index contributed by atoms with van der Waals surface area (Å²) in [4.78, 5) is 14.0. The van der Waals surface area contributed by atoms with Crippen LogP contribution in [0.5, 0.6) is 0 Å². The molecular weight excluding hydrogens is 334 g/mol. The first-order chi connectivity index (χ1) is 9.04. The van der Waals surface area contributed by atoms with E-state index >= 15 is 0 Å². The van der Waals surface area contributed by atoms with E-state index in [1.807, 2.05) is 0 Å². The molecule has 0 bridgehead atoms. The third kappa shape index (κ3) is 2.84. The van der Waals surface area contributed by atoms with Crippen LogP contribution >= 0.6 is 27.5 Å². The number of rotatable bonds is 2. The van der Waals surface area contributed by atoms with Gasteiger partial charge in [0.25, 0.3) is 5.91 Å². The predicted molar refractivity (Wildman–Crippen MR) is 76.6 cm³/mol. The fourth-order valence-electron chi connectivity index (χ4n) is 2.20. The van der Waals surface area contributed by atoms with Gasteiger partial charge in [-0.1, -0.05) is 32.7 Å². The average molecular weight is 347 g/mol. The van der Waals surface area contributed by atoms with Gasteiger partial charge < -0.3 is 15.8 Å². The number of likely N-dealkylation sites (tertiary alicyclic amines) is 1. The Labute approximate surface area is 124 Å². The standard InChI is InChI=1S/C12H13BrClN3O2/c13-7-3-4-8(9(14)6-7)12(18)17-5-1-2-10(17)11(15)16-19/h3-4,6,10,19H,1-2,5H2,(H2,15,16). The summed E-state index contributed by atoms with van der Waals surface area (Å²) in [6, 6.07) is 4.73. The van der Waals surface area contributed by atoms with Crippen molar-refractivity contribution in [3.05, 3.63) is 33.3 Å². The number of nitrogens with two attached hydrogens (primary N) is 1. The Hall–Kier alpha value is -1.27. The smallest absolute Gasteiger partial charge is 0.255 e. The largest absolute Gasteiger partial charge is 0.409 e. The van der Waals surface area contributed by atoms with Crippen LogP contribution in [0.15, 0.2) is 27.8 Å². The van der Waals surface area contributed by atoms with Crippen LogP contribution in [0.2, 0.25) is 5.02 Å². The van der Waals surface area contributed by atoms with Gasteiger partial charge in [-0.25, -0.2) is 0 Å². The highest BCUT2D eigenvalue weighted by Crippen LogP contribution is 2.26. The Morgan fingerprint density at radius 3 is 2.95 bits per heavy atom. The Bertz CT molecular complexity index is 536. The second kappa shape index (κ2) is 5.79. The molecule has 1 unspecified atom stereocenters. The molecule has 1 aromatic carbocycles. The molecule has 1 aromatic rings. The van der Waals surface area contributed by atoms with Crippen LogP contribution in [0.4, 0.5) is 0 Å². The third-order valence-electron chi connectivity index (χ3n) is 3.13. The number of hydrogen-bond donors (Lipinski definition) is 2. The fraction of sp³-hybridized carbons (Fsp3) is 0.333. The first kappa shape index (κ1) is 14.1. The minimum Gasteiger partial charge on any atom is -0.409 e. The summed E-state index contributed by atoms with van der Waals surface area (Å²) in [7, 11) is 0. The van der Waals surface area contributed by atoms with Gasteiger partial charge in [-0.2, -0.15) is 0 Å². The van der Waals surface area contributed by atoms with E-state index in [2.05, 4.69) is 21.1 Å². The number of halogens is 2. The van der Waals surface area contributed by atoms with Crippen molar-refractivity contribution < 1.29 is 10.0 Å². The molecule has 5 nitrogen and oxygen atoms in total. The van der Waals surface area contributed by atoms with Crippen molar-refractivity contribution in [2.24, 2.45) is 10.9 Å². The lowest BCUT2D eigenvalue weighted by molar-refractivity contribution is 0.0768. The second-order valence-corrected chi connectivity index (χ2v) is 5.63. The monoisotopic (exact) mass is 345 g/mol. The number of amides is 1. The van der Waals surface area contributed by atoms with E-state index in [4.69, 9.17) is 22.5 Å². The predicted octanol–water partition coefficient (Wildman–Crippen LogP) is 2.45. The van der Waals surface area contributed by atoms with E-state index in [0.29, 0.717) is 23.6 Å². The van der Waals surface area contributed by atoms with Crippen molar-refractivity contribution in [1.82, 2.24) is 4.90 Å². The number of hydrogen-bond acceptors (Lipinski definition) is 3. The van der Waals surface area contributed by atoms with E-state index in [-0.39, 0.29) is 17.8 Å². The summed E-state index contributed by atoms with van der Waals surface area (Å²) < 4.78 is 0.809. The zero-order valence-corrected chi connectivity index (χ0v) is 12.4. The molecule has 102 valence electrons. The molecule has 0 radical (unpaired) electrons. The topological polar surface area (TPSA) is 78.9 Å². The Morgan fingerprint density at radius 2 is 2.32 bits per heavy atom. The molecule has 0 aliphatic carbocycles. The van der Waals surface area contributed by atoms with Gasteiger partial charge in [0.05, 0.1) is 16.6 Å². The fourth-order valence-corrected chi connectivity index (χ4v) is 2.96. The summed E-state index contributed by atoms with van der Waals surface area (Å²) in [6.07, 6.45) is 1.51. The minimum absolute atomic E-state index is 0.0547. The number of nitrogens with zero attached hydrogens (tertiary/aromatic N) is 2. The van der Waals surface area contributed by atoms with Crippen molar-refractivity contribution in [3.63, 3.8) is 0 Å². The Balaban J connectivity index is 2.28. The first-order valence-corrected chi connectivity index (χ1v) is 6.95. The number of amidine groups is 1. The van der Waals surface area contributed by atoms with Crippen molar-refractivity contribution in [2.75, 3.05) is 6.54 Å². The number of benzene rings is 1. The molecule has 2 rings (SSSR count). The van der Waals surface area contributed by atoms with E-state index in [0.717, 1.165) is 10.9 Å². The van der Waals surface area contributed by atoms with Crippen LogP contribution in [-0.2, 0) is 0 Å². The zero-order chi connectivity index (χ0) is 14.0. The van der Waals surface area contributed by atoms with Crippen LogP contribution in [-0.4, -0.2) is 34.4 Å². The number of oxime groups is 1. The van der Waals surface area contributed by atoms with Gasteiger partial charge in [-0.3, -0.25) is 4.79 Å². The maximum atomic E-state index is 12.4. The molecule has 3 N–H and O–H groups in total. The van der Waals surface area contributed by atoms with E-state index < -0.39 is 0 Å². The molecule has 1 amide bonds. The molecule has 0 aromatic heterocycles. The summed E-state index contributed by atoms with van der Waals surface area (Å²) >= 11 is 9.37. The molecule has 0 spiro atoms. The minimum atomic E-state index is -0.364. The molecule has 0 saturated carbocycles. The average Bonchev–Trinajstić information content (AvgIpc) is 2.86. The molecule has 1 atom stereocenters. The maximum Gasteiger partial charge on any atom is 0.255 e. The van der Waals surface area contributed by atoms with Gasteiger partial charge in [0.2, 0.25) is 0 Å². The van der Waals surface area contributed by atoms with Gasteiger partial charge in [-0.15, -0.1) is 0 Å². The van der Waals surface area contributed by atoms with Crippen molar-refractivity contribution >= 4 is 39.3 Å². The SMILES string of the molecule is NC(=NO)C1CCCN1C(=O)c1ccc(Br)cc1Cl.